The lowest BCUT2D eigenvalue weighted by Gasteiger charge is -2.04. The molecule has 0 aliphatic carbocycles. The van der Waals surface area contributed by atoms with Crippen molar-refractivity contribution >= 4 is 44.5 Å². The van der Waals surface area contributed by atoms with Crippen LogP contribution < -0.4 is 0 Å². The number of rotatable bonds is 4. The normalized spacial score (nSPS) is 11.0. The number of hydrogen-bond donors (Lipinski definition) is 0. The zero-order valence-corrected chi connectivity index (χ0v) is 15.3. The molecule has 0 saturated heterocycles. The highest BCUT2D eigenvalue weighted by Gasteiger charge is 2.21. The van der Waals surface area contributed by atoms with Crippen LogP contribution in [0.4, 0.5) is 5.69 Å². The van der Waals surface area contributed by atoms with E-state index in [-0.39, 0.29) is 11.7 Å². The van der Waals surface area contributed by atoms with Crippen LogP contribution in [0, 0.1) is 10.1 Å². The van der Waals surface area contributed by atoms with Crippen molar-refractivity contribution < 1.29 is 14.5 Å². The van der Waals surface area contributed by atoms with Gasteiger partial charge in [-0.15, -0.1) is 11.3 Å². The molecule has 0 aliphatic rings. The number of nitro benzene ring substituents is 1. The molecule has 0 saturated carbocycles. The van der Waals surface area contributed by atoms with Gasteiger partial charge in [-0.1, -0.05) is 36.4 Å². The molecule has 0 spiro atoms. The minimum absolute atomic E-state index is 0.0377. The Hall–Kier alpha value is -3.25. The summed E-state index contributed by atoms with van der Waals surface area (Å²) >= 11 is 1.36. The molecule has 0 aliphatic heterocycles. The summed E-state index contributed by atoms with van der Waals surface area (Å²) in [7, 11) is 0. The molecule has 6 heteroatoms. The molecule has 0 bridgehead atoms. The smallest absolute Gasteiger partial charge is 0.348 e. The summed E-state index contributed by atoms with van der Waals surface area (Å²) in [5.41, 5.74) is 0.872. The standard InChI is InChI=1S/C21H15NO4S/c1-2-26-21(23)20-18-16-6-4-3-5-13(16)9-12-17(18)19(27-20)14-7-10-15(11-8-14)22(24)25/h3-12H,2H2,1H3. The van der Waals surface area contributed by atoms with Crippen molar-refractivity contribution in [3.63, 3.8) is 0 Å². The van der Waals surface area contributed by atoms with E-state index in [1.54, 1.807) is 19.1 Å². The summed E-state index contributed by atoms with van der Waals surface area (Å²) in [6, 6.07) is 18.3. The van der Waals surface area contributed by atoms with E-state index in [9.17, 15) is 14.9 Å². The lowest BCUT2D eigenvalue weighted by Crippen LogP contribution is -2.02. The average Bonchev–Trinajstić information content (AvgIpc) is 3.08. The number of carbonyl (C=O) groups excluding carboxylic acids is 1. The van der Waals surface area contributed by atoms with Crippen molar-refractivity contribution in [1.29, 1.82) is 0 Å². The fourth-order valence-corrected chi connectivity index (χ4v) is 4.41. The van der Waals surface area contributed by atoms with E-state index >= 15 is 0 Å². The molecular formula is C21H15NO4S. The van der Waals surface area contributed by atoms with Gasteiger partial charge in [-0.05, 0) is 35.4 Å². The van der Waals surface area contributed by atoms with Gasteiger partial charge in [0, 0.05) is 27.8 Å². The van der Waals surface area contributed by atoms with Gasteiger partial charge in [0.2, 0.25) is 0 Å². The van der Waals surface area contributed by atoms with Crippen molar-refractivity contribution in [2.75, 3.05) is 6.61 Å². The summed E-state index contributed by atoms with van der Waals surface area (Å²) in [4.78, 5) is 24.5. The Balaban J connectivity index is 2.00. The van der Waals surface area contributed by atoms with E-state index in [0.717, 1.165) is 32.0 Å². The van der Waals surface area contributed by atoms with Crippen LogP contribution >= 0.6 is 11.3 Å². The van der Waals surface area contributed by atoms with Crippen molar-refractivity contribution in [3.8, 4) is 10.4 Å². The number of hydrogen-bond acceptors (Lipinski definition) is 5. The number of nitro groups is 1. The van der Waals surface area contributed by atoms with Gasteiger partial charge in [-0.3, -0.25) is 10.1 Å². The predicted molar refractivity (Wildman–Crippen MR) is 107 cm³/mol. The minimum Gasteiger partial charge on any atom is -0.462 e. The molecule has 1 heterocycles. The molecule has 3 aromatic carbocycles. The lowest BCUT2D eigenvalue weighted by atomic mass is 10.0. The van der Waals surface area contributed by atoms with Crippen LogP contribution in [0.2, 0.25) is 0 Å². The van der Waals surface area contributed by atoms with Crippen LogP contribution in [0.5, 0.6) is 0 Å². The highest BCUT2D eigenvalue weighted by Crippen LogP contribution is 2.42. The highest BCUT2D eigenvalue weighted by atomic mass is 32.1. The molecule has 0 radical (unpaired) electrons. The number of carbonyl (C=O) groups is 1. The van der Waals surface area contributed by atoms with E-state index < -0.39 is 4.92 Å². The van der Waals surface area contributed by atoms with Gasteiger partial charge in [0.05, 0.1) is 11.5 Å². The van der Waals surface area contributed by atoms with Gasteiger partial charge in [-0.2, -0.15) is 0 Å². The molecule has 5 nitrogen and oxygen atoms in total. The zero-order chi connectivity index (χ0) is 19.0. The van der Waals surface area contributed by atoms with Gasteiger partial charge >= 0.3 is 5.97 Å². The molecule has 1 aromatic heterocycles. The van der Waals surface area contributed by atoms with Crippen LogP contribution in [0.1, 0.15) is 16.6 Å². The summed E-state index contributed by atoms with van der Waals surface area (Å²) < 4.78 is 5.27. The first-order valence-electron chi connectivity index (χ1n) is 8.46. The van der Waals surface area contributed by atoms with E-state index in [4.69, 9.17) is 4.74 Å². The number of ether oxygens (including phenoxy) is 1. The SMILES string of the molecule is CCOC(=O)c1sc(-c2ccc([N+](=O)[O-])cc2)c2ccc3ccccc3c12. The maximum atomic E-state index is 12.6. The van der Waals surface area contributed by atoms with Crippen LogP contribution in [-0.4, -0.2) is 17.5 Å². The quantitative estimate of drug-likeness (QED) is 0.256. The van der Waals surface area contributed by atoms with Crippen molar-refractivity contribution in [2.24, 2.45) is 0 Å². The lowest BCUT2D eigenvalue weighted by molar-refractivity contribution is -0.384. The molecule has 4 rings (SSSR count). The van der Waals surface area contributed by atoms with E-state index in [1.807, 2.05) is 36.4 Å². The first-order chi connectivity index (χ1) is 13.1. The minimum atomic E-state index is -0.423. The zero-order valence-electron chi connectivity index (χ0n) is 14.5. The number of benzene rings is 3. The third kappa shape index (κ3) is 2.94. The Morgan fingerprint density at radius 3 is 2.48 bits per heavy atom. The fraction of sp³-hybridized carbons (Fsp3) is 0.0952. The van der Waals surface area contributed by atoms with Gasteiger partial charge in [0.25, 0.3) is 5.69 Å². The molecule has 0 unspecified atom stereocenters. The first kappa shape index (κ1) is 17.2. The van der Waals surface area contributed by atoms with Crippen LogP contribution in [-0.2, 0) is 4.74 Å². The molecule has 0 amide bonds. The molecule has 27 heavy (non-hydrogen) atoms. The predicted octanol–water partition coefficient (Wildman–Crippen LogP) is 5.81. The van der Waals surface area contributed by atoms with E-state index in [2.05, 4.69) is 0 Å². The maximum absolute atomic E-state index is 12.6. The third-order valence-electron chi connectivity index (χ3n) is 4.41. The van der Waals surface area contributed by atoms with Gasteiger partial charge in [0.15, 0.2) is 0 Å². The number of fused-ring (bicyclic) bond motifs is 3. The van der Waals surface area contributed by atoms with Gasteiger partial charge in [-0.25, -0.2) is 4.79 Å². The Morgan fingerprint density at radius 2 is 1.78 bits per heavy atom. The first-order valence-corrected chi connectivity index (χ1v) is 9.28. The van der Waals surface area contributed by atoms with Crippen molar-refractivity contribution in [3.05, 3.63) is 75.7 Å². The Bertz CT molecular complexity index is 1180. The monoisotopic (exact) mass is 377 g/mol. The number of esters is 1. The summed E-state index contributed by atoms with van der Waals surface area (Å²) in [5, 5.41) is 14.8. The second kappa shape index (κ2) is 6.81. The van der Waals surface area contributed by atoms with Gasteiger partial charge < -0.3 is 4.74 Å². The molecule has 0 N–H and O–H groups in total. The number of non-ortho nitro benzene ring substituents is 1. The number of thiophene rings is 1. The second-order valence-electron chi connectivity index (χ2n) is 5.99. The van der Waals surface area contributed by atoms with Crippen molar-refractivity contribution in [1.82, 2.24) is 0 Å². The third-order valence-corrected chi connectivity index (χ3v) is 5.64. The molecule has 0 fully saturated rings. The Labute approximate surface area is 159 Å². The largest absolute Gasteiger partial charge is 0.462 e. The summed E-state index contributed by atoms with van der Waals surface area (Å²) in [6.07, 6.45) is 0. The van der Waals surface area contributed by atoms with E-state index in [0.29, 0.717) is 11.5 Å². The highest BCUT2D eigenvalue weighted by molar-refractivity contribution is 7.19. The second-order valence-corrected chi connectivity index (χ2v) is 7.01. The van der Waals surface area contributed by atoms with Crippen LogP contribution in [0.15, 0.2) is 60.7 Å². The molecular weight excluding hydrogens is 362 g/mol. The summed E-state index contributed by atoms with van der Waals surface area (Å²) in [5.74, 6) is -0.350. The maximum Gasteiger partial charge on any atom is 0.348 e. The van der Waals surface area contributed by atoms with Crippen LogP contribution in [0.3, 0.4) is 0 Å². The van der Waals surface area contributed by atoms with Crippen molar-refractivity contribution in [2.45, 2.75) is 6.92 Å². The topological polar surface area (TPSA) is 69.4 Å². The Kier molecular flexibility index (Phi) is 4.33. The molecule has 0 atom stereocenters. The average molecular weight is 377 g/mol. The van der Waals surface area contributed by atoms with Gasteiger partial charge in [0.1, 0.15) is 4.88 Å². The van der Waals surface area contributed by atoms with E-state index in [1.165, 1.54) is 23.5 Å². The van der Waals surface area contributed by atoms with Crippen LogP contribution in [0.25, 0.3) is 32.0 Å². The number of nitrogens with zero attached hydrogens (tertiary/aromatic N) is 1. The molecule has 4 aromatic rings. The summed E-state index contributed by atoms with van der Waals surface area (Å²) in [6.45, 7) is 2.08. The fourth-order valence-electron chi connectivity index (χ4n) is 3.20. The molecule has 134 valence electrons. The Morgan fingerprint density at radius 1 is 1.04 bits per heavy atom.